The molecular weight excluding hydrogens is 332 g/mol. The van der Waals surface area contributed by atoms with Gasteiger partial charge in [0.1, 0.15) is 5.82 Å². The van der Waals surface area contributed by atoms with Gasteiger partial charge in [-0.25, -0.2) is 4.98 Å². The summed E-state index contributed by atoms with van der Waals surface area (Å²) < 4.78 is 5.51. The molecule has 4 heterocycles. The summed E-state index contributed by atoms with van der Waals surface area (Å²) in [6.45, 7) is 2.60. The Morgan fingerprint density at radius 3 is 2.77 bits per heavy atom. The van der Waals surface area contributed by atoms with Crippen LogP contribution in [0.15, 0.2) is 22.9 Å². The summed E-state index contributed by atoms with van der Waals surface area (Å²) in [7, 11) is 2.09. The van der Waals surface area contributed by atoms with Crippen molar-refractivity contribution in [2.24, 2.45) is 11.7 Å². The first kappa shape index (κ1) is 17.0. The molecule has 26 heavy (non-hydrogen) atoms. The quantitative estimate of drug-likeness (QED) is 0.888. The van der Waals surface area contributed by atoms with Crippen LogP contribution in [0.5, 0.6) is 0 Å². The molecule has 8 nitrogen and oxygen atoms in total. The fourth-order valence-corrected chi connectivity index (χ4v) is 3.83. The molecule has 2 aliphatic rings. The highest BCUT2D eigenvalue weighted by atomic mass is 16.5. The summed E-state index contributed by atoms with van der Waals surface area (Å²) in [5, 5.41) is 4.17. The number of anilines is 1. The van der Waals surface area contributed by atoms with Crippen molar-refractivity contribution in [1.82, 2.24) is 20.0 Å². The number of carbonyl (C=O) groups is 1. The van der Waals surface area contributed by atoms with Crippen LogP contribution < -0.4 is 10.6 Å². The van der Waals surface area contributed by atoms with Gasteiger partial charge in [0, 0.05) is 30.8 Å². The van der Waals surface area contributed by atoms with Gasteiger partial charge in [-0.3, -0.25) is 9.69 Å². The maximum absolute atomic E-state index is 11.3. The van der Waals surface area contributed by atoms with Crippen LogP contribution in [0.3, 0.4) is 0 Å². The van der Waals surface area contributed by atoms with E-state index in [1.165, 1.54) is 0 Å². The molecule has 0 spiro atoms. The molecule has 0 aliphatic carbocycles. The number of carbonyl (C=O) groups excluding carboxylic acids is 1. The van der Waals surface area contributed by atoms with Crippen LogP contribution in [0.4, 0.5) is 5.82 Å². The zero-order valence-electron chi connectivity index (χ0n) is 15.0. The van der Waals surface area contributed by atoms with Gasteiger partial charge in [0.15, 0.2) is 0 Å². The maximum Gasteiger partial charge on any atom is 0.244 e. The molecule has 2 saturated heterocycles. The zero-order chi connectivity index (χ0) is 18.1. The van der Waals surface area contributed by atoms with E-state index >= 15 is 0 Å². The first-order valence-corrected chi connectivity index (χ1v) is 9.16. The first-order valence-electron chi connectivity index (χ1n) is 9.16. The van der Waals surface area contributed by atoms with Gasteiger partial charge in [0.2, 0.25) is 17.6 Å². The number of pyridine rings is 1. The highest BCUT2D eigenvalue weighted by Crippen LogP contribution is 2.31. The summed E-state index contributed by atoms with van der Waals surface area (Å²) in [4.78, 5) is 24.8. The Labute approximate surface area is 152 Å². The molecule has 1 amide bonds. The Hall–Kier alpha value is -2.48. The molecule has 8 heteroatoms. The number of amides is 1. The van der Waals surface area contributed by atoms with Crippen molar-refractivity contribution in [2.75, 3.05) is 31.6 Å². The standard InChI is InChI=1S/C18H24N6O2/c1-23-8-2-3-14(23)18-21-17(22-26-18)13-4-7-20-15(11-13)24-9-5-12(6-10-24)16(19)25/h4,7,11-12,14H,2-3,5-6,8-10H2,1H3,(H2,19,25)/t14-/m0/s1. The topological polar surface area (TPSA) is 101 Å². The van der Waals surface area contributed by atoms with Gasteiger partial charge >= 0.3 is 0 Å². The van der Waals surface area contributed by atoms with E-state index in [4.69, 9.17) is 10.3 Å². The van der Waals surface area contributed by atoms with E-state index in [0.717, 1.165) is 56.7 Å². The lowest BCUT2D eigenvalue weighted by Gasteiger charge is -2.31. The van der Waals surface area contributed by atoms with Crippen molar-refractivity contribution < 1.29 is 9.32 Å². The molecule has 0 unspecified atom stereocenters. The lowest BCUT2D eigenvalue weighted by Crippen LogP contribution is -2.38. The van der Waals surface area contributed by atoms with Crippen LogP contribution in [-0.4, -0.2) is 52.6 Å². The number of likely N-dealkylation sites (tertiary alicyclic amines) is 1. The SMILES string of the molecule is CN1CCC[C@H]1c1nc(-c2ccnc(N3CCC(C(N)=O)CC3)c2)no1. The minimum absolute atomic E-state index is 0.0300. The van der Waals surface area contributed by atoms with Crippen LogP contribution in [0.1, 0.15) is 37.6 Å². The van der Waals surface area contributed by atoms with E-state index in [9.17, 15) is 4.79 Å². The Kier molecular flexibility index (Phi) is 4.58. The molecule has 2 aromatic heterocycles. The number of aromatic nitrogens is 3. The second-order valence-corrected chi connectivity index (χ2v) is 7.16. The third-order valence-corrected chi connectivity index (χ3v) is 5.47. The van der Waals surface area contributed by atoms with Crippen LogP contribution >= 0.6 is 0 Å². The average Bonchev–Trinajstić information content (AvgIpc) is 3.30. The molecule has 2 N–H and O–H groups in total. The molecule has 0 bridgehead atoms. The molecule has 0 radical (unpaired) electrons. The molecule has 0 saturated carbocycles. The lowest BCUT2D eigenvalue weighted by molar-refractivity contribution is -0.122. The molecule has 4 rings (SSSR count). The second-order valence-electron chi connectivity index (χ2n) is 7.16. The van der Waals surface area contributed by atoms with Gasteiger partial charge in [0.25, 0.3) is 0 Å². The van der Waals surface area contributed by atoms with E-state index in [0.29, 0.717) is 11.7 Å². The fraction of sp³-hybridized carbons (Fsp3) is 0.556. The minimum atomic E-state index is -0.206. The lowest BCUT2D eigenvalue weighted by atomic mass is 9.96. The van der Waals surface area contributed by atoms with Crippen LogP contribution in [0.2, 0.25) is 0 Å². The molecule has 2 aliphatic heterocycles. The van der Waals surface area contributed by atoms with Crippen molar-refractivity contribution in [3.63, 3.8) is 0 Å². The Balaban J connectivity index is 1.50. The monoisotopic (exact) mass is 356 g/mol. The number of hydrogen-bond acceptors (Lipinski definition) is 7. The Morgan fingerprint density at radius 1 is 1.27 bits per heavy atom. The minimum Gasteiger partial charge on any atom is -0.369 e. The fourth-order valence-electron chi connectivity index (χ4n) is 3.83. The van der Waals surface area contributed by atoms with Gasteiger partial charge in [-0.15, -0.1) is 0 Å². The predicted molar refractivity (Wildman–Crippen MR) is 96.3 cm³/mol. The first-order chi connectivity index (χ1) is 12.6. The average molecular weight is 356 g/mol. The number of primary amides is 1. The van der Waals surface area contributed by atoms with Crippen LogP contribution in [-0.2, 0) is 4.79 Å². The van der Waals surface area contributed by atoms with Crippen LogP contribution in [0.25, 0.3) is 11.4 Å². The third kappa shape index (κ3) is 3.29. The second kappa shape index (κ2) is 7.03. The maximum atomic E-state index is 11.3. The molecule has 1 atom stereocenters. The van der Waals surface area contributed by atoms with Crippen molar-refractivity contribution in [1.29, 1.82) is 0 Å². The van der Waals surface area contributed by atoms with E-state index < -0.39 is 0 Å². The molecule has 2 aromatic rings. The Bertz CT molecular complexity index is 783. The summed E-state index contributed by atoms with van der Waals surface area (Å²) >= 11 is 0. The molecule has 138 valence electrons. The zero-order valence-corrected chi connectivity index (χ0v) is 15.0. The van der Waals surface area contributed by atoms with Crippen LogP contribution in [0, 0.1) is 5.92 Å². The highest BCUT2D eigenvalue weighted by Gasteiger charge is 2.28. The van der Waals surface area contributed by atoms with E-state index in [1.807, 2.05) is 12.1 Å². The van der Waals surface area contributed by atoms with Crippen molar-refractivity contribution in [2.45, 2.75) is 31.7 Å². The number of nitrogens with two attached hydrogens (primary N) is 1. The Morgan fingerprint density at radius 2 is 2.08 bits per heavy atom. The van der Waals surface area contributed by atoms with E-state index in [-0.39, 0.29) is 17.9 Å². The third-order valence-electron chi connectivity index (χ3n) is 5.47. The number of piperidine rings is 1. The smallest absolute Gasteiger partial charge is 0.244 e. The van der Waals surface area contributed by atoms with E-state index in [1.54, 1.807) is 6.20 Å². The van der Waals surface area contributed by atoms with Crippen molar-refractivity contribution >= 4 is 11.7 Å². The summed E-state index contributed by atoms with van der Waals surface area (Å²) in [6, 6.07) is 4.09. The predicted octanol–water partition coefficient (Wildman–Crippen LogP) is 1.60. The van der Waals surface area contributed by atoms with Crippen molar-refractivity contribution in [3.05, 3.63) is 24.2 Å². The summed E-state index contributed by atoms with van der Waals surface area (Å²) in [6.07, 6.45) is 5.50. The highest BCUT2D eigenvalue weighted by molar-refractivity contribution is 5.77. The molecule has 0 aromatic carbocycles. The van der Waals surface area contributed by atoms with Gasteiger partial charge in [-0.2, -0.15) is 4.98 Å². The molecular formula is C18H24N6O2. The normalized spacial score (nSPS) is 22.0. The van der Waals surface area contributed by atoms with Gasteiger partial charge < -0.3 is 15.2 Å². The number of rotatable bonds is 4. The van der Waals surface area contributed by atoms with Gasteiger partial charge in [0.05, 0.1) is 6.04 Å². The summed E-state index contributed by atoms with van der Waals surface area (Å²) in [5.41, 5.74) is 6.30. The van der Waals surface area contributed by atoms with Gasteiger partial charge in [-0.1, -0.05) is 5.16 Å². The number of hydrogen-bond donors (Lipinski definition) is 1. The number of nitrogens with zero attached hydrogens (tertiary/aromatic N) is 5. The van der Waals surface area contributed by atoms with Gasteiger partial charge in [-0.05, 0) is 51.4 Å². The van der Waals surface area contributed by atoms with Crippen molar-refractivity contribution in [3.8, 4) is 11.4 Å². The summed E-state index contributed by atoms with van der Waals surface area (Å²) in [5.74, 6) is 1.91. The van der Waals surface area contributed by atoms with E-state index in [2.05, 4.69) is 32.0 Å². The molecule has 2 fully saturated rings. The largest absolute Gasteiger partial charge is 0.369 e.